The van der Waals surface area contributed by atoms with Crippen molar-refractivity contribution in [1.82, 2.24) is 9.55 Å². The molecular weight excluding hydrogens is 256 g/mol. The fraction of sp³-hybridized carbons (Fsp3) is 0.0667. The molecular formula is C15H12N2O3. The maximum atomic E-state index is 12.1. The normalized spacial score (nSPS) is 10.8. The molecule has 20 heavy (non-hydrogen) atoms. The van der Waals surface area contributed by atoms with Crippen molar-refractivity contribution in [3.8, 4) is 5.69 Å². The lowest BCUT2D eigenvalue weighted by Gasteiger charge is -2.04. The molecule has 0 saturated carbocycles. The SMILES string of the molecule is Cc1cccc(-n2c(=O)[nH]c3cc(C(=O)O)ccc32)c1. The molecule has 0 bridgehead atoms. The van der Waals surface area contributed by atoms with Crippen LogP contribution in [0.3, 0.4) is 0 Å². The average Bonchev–Trinajstić information content (AvgIpc) is 2.73. The number of nitrogens with zero attached hydrogens (tertiary/aromatic N) is 1. The molecule has 3 rings (SSSR count). The zero-order chi connectivity index (χ0) is 14.3. The number of hydrogen-bond donors (Lipinski definition) is 2. The quantitative estimate of drug-likeness (QED) is 0.749. The van der Waals surface area contributed by atoms with Crippen LogP contribution in [0.4, 0.5) is 0 Å². The summed E-state index contributed by atoms with van der Waals surface area (Å²) in [7, 11) is 0. The molecule has 3 aromatic rings. The first kappa shape index (κ1) is 12.2. The second-order valence-corrected chi connectivity index (χ2v) is 4.64. The van der Waals surface area contributed by atoms with E-state index in [1.807, 2.05) is 31.2 Å². The van der Waals surface area contributed by atoms with Crippen LogP contribution in [-0.2, 0) is 0 Å². The van der Waals surface area contributed by atoms with E-state index in [1.165, 1.54) is 16.7 Å². The molecule has 0 unspecified atom stereocenters. The van der Waals surface area contributed by atoms with E-state index in [4.69, 9.17) is 5.11 Å². The number of aromatic amines is 1. The number of benzene rings is 2. The van der Waals surface area contributed by atoms with Gasteiger partial charge < -0.3 is 10.1 Å². The average molecular weight is 268 g/mol. The second-order valence-electron chi connectivity index (χ2n) is 4.64. The Kier molecular flexibility index (Phi) is 2.68. The number of nitrogens with one attached hydrogen (secondary N) is 1. The summed E-state index contributed by atoms with van der Waals surface area (Å²) in [6, 6.07) is 12.2. The molecule has 2 aromatic carbocycles. The number of carboxylic acid groups (broad SMARTS) is 1. The first-order chi connectivity index (χ1) is 9.56. The number of H-pyrrole nitrogens is 1. The molecule has 0 aliphatic heterocycles. The van der Waals surface area contributed by atoms with Gasteiger partial charge in [0.15, 0.2) is 0 Å². The summed E-state index contributed by atoms with van der Waals surface area (Å²) >= 11 is 0. The molecule has 0 aliphatic carbocycles. The zero-order valence-electron chi connectivity index (χ0n) is 10.8. The van der Waals surface area contributed by atoms with Gasteiger partial charge in [0.25, 0.3) is 0 Å². The third-order valence-electron chi connectivity index (χ3n) is 3.19. The first-order valence-electron chi connectivity index (χ1n) is 6.11. The molecule has 5 nitrogen and oxygen atoms in total. The van der Waals surface area contributed by atoms with Crippen LogP contribution < -0.4 is 5.69 Å². The van der Waals surface area contributed by atoms with E-state index in [-0.39, 0.29) is 11.3 Å². The summed E-state index contributed by atoms with van der Waals surface area (Å²) in [5.41, 5.74) is 2.83. The number of hydrogen-bond acceptors (Lipinski definition) is 2. The number of aromatic carboxylic acids is 1. The molecule has 0 atom stereocenters. The lowest BCUT2D eigenvalue weighted by molar-refractivity contribution is 0.0697. The predicted octanol–water partition coefficient (Wildman–Crippen LogP) is 2.33. The standard InChI is InChI=1S/C15H12N2O3/c1-9-3-2-4-11(7-9)17-13-6-5-10(14(18)19)8-12(13)16-15(17)20/h2-8H,1H3,(H,16,20)(H,18,19). The van der Waals surface area contributed by atoms with E-state index < -0.39 is 5.97 Å². The maximum Gasteiger partial charge on any atom is 0.335 e. The van der Waals surface area contributed by atoms with Gasteiger partial charge in [0.2, 0.25) is 0 Å². The van der Waals surface area contributed by atoms with Crippen LogP contribution in [0.5, 0.6) is 0 Å². The first-order valence-corrected chi connectivity index (χ1v) is 6.11. The molecule has 0 spiro atoms. The number of aryl methyl sites for hydroxylation is 1. The third-order valence-corrected chi connectivity index (χ3v) is 3.19. The Labute approximate surface area is 114 Å². The fourth-order valence-corrected chi connectivity index (χ4v) is 2.27. The van der Waals surface area contributed by atoms with Crippen molar-refractivity contribution in [2.45, 2.75) is 6.92 Å². The molecule has 0 amide bonds. The van der Waals surface area contributed by atoms with Crippen molar-refractivity contribution in [3.05, 3.63) is 64.1 Å². The summed E-state index contributed by atoms with van der Waals surface area (Å²) in [6.45, 7) is 1.95. The van der Waals surface area contributed by atoms with E-state index in [2.05, 4.69) is 4.98 Å². The number of rotatable bonds is 2. The van der Waals surface area contributed by atoms with E-state index in [9.17, 15) is 9.59 Å². The summed E-state index contributed by atoms with van der Waals surface area (Å²) in [6.07, 6.45) is 0. The topological polar surface area (TPSA) is 75.1 Å². The molecule has 100 valence electrons. The van der Waals surface area contributed by atoms with Crippen molar-refractivity contribution in [1.29, 1.82) is 0 Å². The number of carbonyl (C=O) groups is 1. The van der Waals surface area contributed by atoms with E-state index in [0.29, 0.717) is 11.0 Å². The van der Waals surface area contributed by atoms with E-state index >= 15 is 0 Å². The van der Waals surface area contributed by atoms with Gasteiger partial charge in [-0.3, -0.25) is 4.57 Å². The molecule has 2 N–H and O–H groups in total. The second kappa shape index (κ2) is 4.38. The minimum atomic E-state index is -1.02. The Morgan fingerprint density at radius 3 is 2.70 bits per heavy atom. The summed E-state index contributed by atoms with van der Waals surface area (Å²) < 4.78 is 1.54. The van der Waals surface area contributed by atoms with Gasteiger partial charge >= 0.3 is 11.7 Å². The van der Waals surface area contributed by atoms with Gasteiger partial charge in [-0.25, -0.2) is 9.59 Å². The Morgan fingerprint density at radius 1 is 1.20 bits per heavy atom. The van der Waals surface area contributed by atoms with Crippen molar-refractivity contribution in [2.75, 3.05) is 0 Å². The van der Waals surface area contributed by atoms with Crippen LogP contribution in [0, 0.1) is 6.92 Å². The summed E-state index contributed by atoms with van der Waals surface area (Å²) in [5.74, 6) is -1.02. The molecule has 0 fully saturated rings. The number of aromatic nitrogens is 2. The smallest absolute Gasteiger partial charge is 0.335 e. The Hall–Kier alpha value is -2.82. The summed E-state index contributed by atoms with van der Waals surface area (Å²) in [5, 5.41) is 8.97. The number of imidazole rings is 1. The van der Waals surface area contributed by atoms with Gasteiger partial charge in [-0.15, -0.1) is 0 Å². The molecule has 0 aliphatic rings. The van der Waals surface area contributed by atoms with Crippen LogP contribution in [0.15, 0.2) is 47.3 Å². The van der Waals surface area contributed by atoms with Crippen molar-refractivity contribution >= 4 is 17.0 Å². The van der Waals surface area contributed by atoms with Crippen LogP contribution in [0.2, 0.25) is 0 Å². The van der Waals surface area contributed by atoms with Crippen molar-refractivity contribution < 1.29 is 9.90 Å². The minimum absolute atomic E-state index is 0.148. The fourth-order valence-electron chi connectivity index (χ4n) is 2.27. The van der Waals surface area contributed by atoms with Crippen LogP contribution >= 0.6 is 0 Å². The molecule has 0 radical (unpaired) electrons. The highest BCUT2D eigenvalue weighted by Gasteiger charge is 2.11. The lowest BCUT2D eigenvalue weighted by atomic mass is 10.2. The number of fused-ring (bicyclic) bond motifs is 1. The van der Waals surface area contributed by atoms with Gasteiger partial charge in [0.1, 0.15) is 0 Å². The number of carboxylic acids is 1. The highest BCUT2D eigenvalue weighted by atomic mass is 16.4. The summed E-state index contributed by atoms with van der Waals surface area (Å²) in [4.78, 5) is 25.7. The Bertz CT molecular complexity index is 874. The van der Waals surface area contributed by atoms with Gasteiger partial charge in [0, 0.05) is 0 Å². The minimum Gasteiger partial charge on any atom is -0.478 e. The largest absolute Gasteiger partial charge is 0.478 e. The van der Waals surface area contributed by atoms with Crippen LogP contribution in [-0.4, -0.2) is 20.6 Å². The van der Waals surface area contributed by atoms with Crippen LogP contribution in [0.1, 0.15) is 15.9 Å². The van der Waals surface area contributed by atoms with Gasteiger partial charge in [-0.2, -0.15) is 0 Å². The molecule has 0 saturated heterocycles. The monoisotopic (exact) mass is 268 g/mol. The molecule has 1 aromatic heterocycles. The van der Waals surface area contributed by atoms with Crippen LogP contribution in [0.25, 0.3) is 16.7 Å². The van der Waals surface area contributed by atoms with Crippen molar-refractivity contribution in [2.24, 2.45) is 0 Å². The highest BCUT2D eigenvalue weighted by molar-refractivity contribution is 5.92. The zero-order valence-corrected chi connectivity index (χ0v) is 10.8. The van der Waals surface area contributed by atoms with Gasteiger partial charge in [-0.05, 0) is 42.8 Å². The molecule has 1 heterocycles. The maximum absolute atomic E-state index is 12.1. The Morgan fingerprint density at radius 2 is 2.00 bits per heavy atom. The van der Waals surface area contributed by atoms with Crippen molar-refractivity contribution in [3.63, 3.8) is 0 Å². The molecule has 5 heteroatoms. The van der Waals surface area contributed by atoms with E-state index in [0.717, 1.165) is 11.3 Å². The van der Waals surface area contributed by atoms with Gasteiger partial charge in [-0.1, -0.05) is 12.1 Å². The lowest BCUT2D eigenvalue weighted by Crippen LogP contribution is -2.14. The van der Waals surface area contributed by atoms with Gasteiger partial charge in [0.05, 0.1) is 22.3 Å². The Balaban J connectivity index is 2.29. The van der Waals surface area contributed by atoms with E-state index in [1.54, 1.807) is 6.07 Å². The highest BCUT2D eigenvalue weighted by Crippen LogP contribution is 2.17. The third kappa shape index (κ3) is 1.89. The predicted molar refractivity (Wildman–Crippen MR) is 75.6 cm³/mol.